The van der Waals surface area contributed by atoms with Gasteiger partial charge in [0.05, 0.1) is 0 Å². The average Bonchev–Trinajstić information content (AvgIpc) is 3.02. The van der Waals surface area contributed by atoms with E-state index in [1.165, 1.54) is 16.8 Å². The predicted molar refractivity (Wildman–Crippen MR) is 82.8 cm³/mol. The van der Waals surface area contributed by atoms with Crippen LogP contribution < -0.4 is 10.5 Å². The summed E-state index contributed by atoms with van der Waals surface area (Å²) in [6, 6.07) is 11.4. The minimum atomic E-state index is -0.709. The number of benzene rings is 2. The van der Waals surface area contributed by atoms with Gasteiger partial charge < -0.3 is 10.5 Å². The number of halogens is 2. The van der Waals surface area contributed by atoms with Gasteiger partial charge in [-0.15, -0.1) is 0 Å². The molecule has 2 N–H and O–H groups in total. The van der Waals surface area contributed by atoms with Crippen LogP contribution in [0.2, 0.25) is 0 Å². The van der Waals surface area contributed by atoms with Crippen LogP contribution in [0.1, 0.15) is 16.1 Å². The highest BCUT2D eigenvalue weighted by molar-refractivity contribution is 5.93. The first kappa shape index (κ1) is 15.7. The maximum atomic E-state index is 13.7. The lowest BCUT2D eigenvalue weighted by Crippen LogP contribution is -2.10. The monoisotopic (exact) mass is 329 g/mol. The van der Waals surface area contributed by atoms with E-state index in [0.717, 1.165) is 12.1 Å². The van der Waals surface area contributed by atoms with Crippen molar-refractivity contribution in [2.75, 3.05) is 0 Å². The van der Waals surface area contributed by atoms with Crippen LogP contribution in [-0.4, -0.2) is 15.7 Å². The van der Waals surface area contributed by atoms with Gasteiger partial charge in [0.15, 0.2) is 5.82 Å². The molecule has 3 rings (SSSR count). The number of hydrogen-bond acceptors (Lipinski definition) is 3. The van der Waals surface area contributed by atoms with Gasteiger partial charge in [-0.3, -0.25) is 4.79 Å². The summed E-state index contributed by atoms with van der Waals surface area (Å²) < 4.78 is 33.5. The molecule has 0 saturated carbocycles. The van der Waals surface area contributed by atoms with Gasteiger partial charge in [0.2, 0.25) is 5.91 Å². The van der Waals surface area contributed by atoms with E-state index in [4.69, 9.17) is 10.5 Å². The first-order valence-electron chi connectivity index (χ1n) is 7.05. The topological polar surface area (TPSA) is 70.1 Å². The van der Waals surface area contributed by atoms with Gasteiger partial charge in [-0.1, -0.05) is 6.07 Å². The van der Waals surface area contributed by atoms with Crippen molar-refractivity contribution in [2.45, 2.75) is 6.61 Å². The molecule has 0 atom stereocenters. The summed E-state index contributed by atoms with van der Waals surface area (Å²) in [5.74, 6) is -1.44. The maximum absolute atomic E-state index is 13.7. The lowest BCUT2D eigenvalue weighted by Gasteiger charge is -2.06. The fourth-order valence-electron chi connectivity index (χ4n) is 2.14. The van der Waals surface area contributed by atoms with Gasteiger partial charge in [-0.25, -0.2) is 13.5 Å². The van der Waals surface area contributed by atoms with E-state index in [2.05, 4.69) is 5.10 Å². The highest BCUT2D eigenvalue weighted by atomic mass is 19.1. The number of amides is 1. The number of aromatic nitrogens is 2. The highest BCUT2D eigenvalue weighted by Gasteiger charge is 2.09. The molecule has 0 aliphatic rings. The molecule has 24 heavy (non-hydrogen) atoms. The summed E-state index contributed by atoms with van der Waals surface area (Å²) in [4.78, 5) is 11.1. The van der Waals surface area contributed by atoms with Gasteiger partial charge in [0.25, 0.3) is 0 Å². The molecule has 3 aromatic rings. The molecule has 2 aromatic carbocycles. The predicted octanol–water partition coefficient (Wildman–Crippen LogP) is 2.83. The third-order valence-corrected chi connectivity index (χ3v) is 3.31. The van der Waals surface area contributed by atoms with Crippen molar-refractivity contribution in [3.05, 3.63) is 77.6 Å². The third kappa shape index (κ3) is 3.40. The molecule has 7 heteroatoms. The summed E-state index contributed by atoms with van der Waals surface area (Å²) in [6.45, 7) is 0.123. The molecule has 0 aliphatic heterocycles. The molecule has 5 nitrogen and oxygen atoms in total. The summed E-state index contributed by atoms with van der Waals surface area (Å²) in [6.07, 6.45) is 1.55. The molecule has 0 aliphatic carbocycles. The molecule has 0 unspecified atom stereocenters. The quantitative estimate of drug-likeness (QED) is 0.782. The number of rotatable bonds is 5. The average molecular weight is 329 g/mol. The molecule has 0 fully saturated rings. The first-order valence-corrected chi connectivity index (χ1v) is 7.05. The molecular formula is C17H13F2N3O2. The van der Waals surface area contributed by atoms with Crippen LogP contribution in [0.3, 0.4) is 0 Å². The van der Waals surface area contributed by atoms with Gasteiger partial charge in [-0.05, 0) is 36.4 Å². The summed E-state index contributed by atoms with van der Waals surface area (Å²) >= 11 is 0. The van der Waals surface area contributed by atoms with Crippen molar-refractivity contribution in [3.8, 4) is 11.4 Å². The van der Waals surface area contributed by atoms with Crippen LogP contribution in [0.15, 0.2) is 54.7 Å². The van der Waals surface area contributed by atoms with Crippen LogP contribution in [-0.2, 0) is 6.61 Å². The van der Waals surface area contributed by atoms with Crippen molar-refractivity contribution in [1.82, 2.24) is 9.78 Å². The number of hydrogen-bond donors (Lipinski definition) is 1. The van der Waals surface area contributed by atoms with E-state index in [-0.39, 0.29) is 12.3 Å². The zero-order chi connectivity index (χ0) is 17.1. The molecule has 0 radical (unpaired) electrons. The van der Waals surface area contributed by atoms with Gasteiger partial charge >= 0.3 is 0 Å². The Kier molecular flexibility index (Phi) is 4.24. The van der Waals surface area contributed by atoms with Gasteiger partial charge in [-0.2, -0.15) is 5.10 Å². The Bertz CT molecular complexity index is 893. The van der Waals surface area contributed by atoms with E-state index in [1.807, 2.05) is 0 Å². The highest BCUT2D eigenvalue weighted by Crippen LogP contribution is 2.17. The molecule has 1 amide bonds. The Morgan fingerprint density at radius 3 is 2.75 bits per heavy atom. The van der Waals surface area contributed by atoms with Gasteiger partial charge in [0.1, 0.15) is 29.6 Å². The SMILES string of the molecule is NC(=O)c1cccc(OCc2ccn(-c3ccc(F)cc3F)n2)c1. The van der Waals surface area contributed by atoms with Crippen LogP contribution in [0.4, 0.5) is 8.78 Å². The maximum Gasteiger partial charge on any atom is 0.248 e. The largest absolute Gasteiger partial charge is 0.487 e. The minimum Gasteiger partial charge on any atom is -0.487 e. The lowest BCUT2D eigenvalue weighted by atomic mass is 10.2. The third-order valence-electron chi connectivity index (χ3n) is 3.31. The van der Waals surface area contributed by atoms with E-state index in [1.54, 1.807) is 30.5 Å². The van der Waals surface area contributed by atoms with Crippen LogP contribution >= 0.6 is 0 Å². The van der Waals surface area contributed by atoms with Crippen molar-refractivity contribution < 1.29 is 18.3 Å². The molecule has 1 heterocycles. The Morgan fingerprint density at radius 1 is 1.17 bits per heavy atom. The molecule has 122 valence electrons. The summed E-state index contributed by atoms with van der Waals surface area (Å²) in [5.41, 5.74) is 6.23. The minimum absolute atomic E-state index is 0.123. The van der Waals surface area contributed by atoms with E-state index >= 15 is 0 Å². The van der Waals surface area contributed by atoms with E-state index in [0.29, 0.717) is 17.0 Å². The van der Waals surface area contributed by atoms with E-state index in [9.17, 15) is 13.6 Å². The van der Waals surface area contributed by atoms with Crippen LogP contribution in [0.25, 0.3) is 5.69 Å². The number of primary amides is 1. The molecular weight excluding hydrogens is 316 g/mol. The number of ether oxygens (including phenoxy) is 1. The van der Waals surface area contributed by atoms with Crippen LogP contribution in [0, 0.1) is 11.6 Å². The van der Waals surface area contributed by atoms with Gasteiger partial charge in [0, 0.05) is 17.8 Å². The van der Waals surface area contributed by atoms with Crippen molar-refractivity contribution >= 4 is 5.91 Å². The Labute approximate surface area is 136 Å². The van der Waals surface area contributed by atoms with Crippen molar-refractivity contribution in [3.63, 3.8) is 0 Å². The Hall–Kier alpha value is -3.22. The fourth-order valence-corrected chi connectivity index (χ4v) is 2.14. The summed E-state index contributed by atoms with van der Waals surface area (Å²) in [5, 5.41) is 4.18. The van der Waals surface area contributed by atoms with E-state index < -0.39 is 17.5 Å². The number of carbonyl (C=O) groups excluding carboxylic acids is 1. The smallest absolute Gasteiger partial charge is 0.248 e. The number of carbonyl (C=O) groups is 1. The number of nitrogens with two attached hydrogens (primary N) is 1. The Balaban J connectivity index is 1.72. The molecule has 0 spiro atoms. The summed E-state index contributed by atoms with van der Waals surface area (Å²) in [7, 11) is 0. The first-order chi connectivity index (χ1) is 11.5. The normalized spacial score (nSPS) is 10.6. The second kappa shape index (κ2) is 6.49. The van der Waals surface area contributed by atoms with Crippen molar-refractivity contribution in [2.24, 2.45) is 5.73 Å². The number of nitrogens with zero attached hydrogens (tertiary/aromatic N) is 2. The zero-order valence-corrected chi connectivity index (χ0v) is 12.4. The van der Waals surface area contributed by atoms with Crippen LogP contribution in [0.5, 0.6) is 5.75 Å². The molecule has 1 aromatic heterocycles. The second-order valence-corrected chi connectivity index (χ2v) is 5.03. The molecule has 0 saturated heterocycles. The Morgan fingerprint density at radius 2 is 2.00 bits per heavy atom. The van der Waals surface area contributed by atoms with Crippen molar-refractivity contribution in [1.29, 1.82) is 0 Å². The second-order valence-electron chi connectivity index (χ2n) is 5.03. The molecule has 0 bridgehead atoms. The standard InChI is InChI=1S/C17H13F2N3O2/c18-12-4-5-16(15(19)9-12)22-7-6-13(21-22)10-24-14-3-1-2-11(8-14)17(20)23/h1-9H,10H2,(H2,20,23). The lowest BCUT2D eigenvalue weighted by molar-refractivity contribution is 0.1000. The zero-order valence-electron chi connectivity index (χ0n) is 12.4. The fraction of sp³-hybridized carbons (Fsp3) is 0.0588.